The van der Waals surface area contributed by atoms with Crippen molar-refractivity contribution >= 4 is 11.8 Å². The Hall–Kier alpha value is -1.06. The molecule has 0 aliphatic carbocycles. The Bertz CT molecular complexity index is 267. The number of hydrogen-bond donors (Lipinski definition) is 2. The van der Waals surface area contributed by atoms with Crippen LogP contribution in [-0.4, -0.2) is 18.4 Å². The molecule has 0 saturated carbocycles. The van der Waals surface area contributed by atoms with E-state index < -0.39 is 11.8 Å². The highest BCUT2D eigenvalue weighted by Gasteiger charge is 2.17. The Morgan fingerprint density at radius 2 is 1.35 bits per heavy atom. The molecule has 0 aliphatic heterocycles. The van der Waals surface area contributed by atoms with E-state index in [0.717, 1.165) is 12.8 Å². The van der Waals surface area contributed by atoms with Gasteiger partial charge in [0.1, 0.15) is 5.92 Å². The van der Waals surface area contributed by atoms with Gasteiger partial charge >= 0.3 is 0 Å². The van der Waals surface area contributed by atoms with Gasteiger partial charge in [-0.15, -0.1) is 0 Å². The first-order valence-electron chi connectivity index (χ1n) is 8.16. The standard InChI is InChI=1S/C16H32N2O2/c1-3-4-5-6-7-8-9-10-11-12-13-18-16(20)14(2)15(17)19/h14H,3-13H2,1-2H3,(H2,17,19)(H,18,20). The van der Waals surface area contributed by atoms with E-state index in [1.165, 1.54) is 58.3 Å². The molecule has 20 heavy (non-hydrogen) atoms. The minimum atomic E-state index is -0.724. The second kappa shape index (κ2) is 12.9. The second-order valence-corrected chi connectivity index (χ2v) is 5.60. The number of amides is 2. The first-order valence-corrected chi connectivity index (χ1v) is 8.16. The van der Waals surface area contributed by atoms with Gasteiger partial charge in [0.15, 0.2) is 0 Å². The largest absolute Gasteiger partial charge is 0.369 e. The highest BCUT2D eigenvalue weighted by Crippen LogP contribution is 2.10. The Balaban J connectivity index is 3.24. The van der Waals surface area contributed by atoms with Gasteiger partial charge in [0, 0.05) is 6.54 Å². The van der Waals surface area contributed by atoms with Gasteiger partial charge in [0.2, 0.25) is 11.8 Å². The van der Waals surface area contributed by atoms with Gasteiger partial charge in [-0.05, 0) is 13.3 Å². The molecule has 4 nitrogen and oxygen atoms in total. The van der Waals surface area contributed by atoms with Gasteiger partial charge < -0.3 is 11.1 Å². The summed E-state index contributed by atoms with van der Waals surface area (Å²) in [6.07, 6.45) is 12.7. The van der Waals surface area contributed by atoms with Crippen LogP contribution < -0.4 is 11.1 Å². The summed E-state index contributed by atoms with van der Waals surface area (Å²) in [5.74, 6) is -1.54. The molecule has 0 aromatic carbocycles. The van der Waals surface area contributed by atoms with Gasteiger partial charge in [0.05, 0.1) is 0 Å². The molecule has 1 atom stereocenters. The molecule has 0 fully saturated rings. The minimum absolute atomic E-state index is 0.256. The quantitative estimate of drug-likeness (QED) is 0.403. The fourth-order valence-corrected chi connectivity index (χ4v) is 2.11. The van der Waals surface area contributed by atoms with Crippen molar-refractivity contribution in [3.8, 4) is 0 Å². The molecule has 4 heteroatoms. The maximum atomic E-state index is 11.4. The van der Waals surface area contributed by atoms with Crippen molar-refractivity contribution in [2.75, 3.05) is 6.54 Å². The van der Waals surface area contributed by atoms with E-state index in [0.29, 0.717) is 6.54 Å². The van der Waals surface area contributed by atoms with Gasteiger partial charge in [-0.25, -0.2) is 0 Å². The third-order valence-corrected chi connectivity index (χ3v) is 3.65. The average Bonchev–Trinajstić information content (AvgIpc) is 2.43. The smallest absolute Gasteiger partial charge is 0.232 e. The minimum Gasteiger partial charge on any atom is -0.369 e. The summed E-state index contributed by atoms with van der Waals surface area (Å²) in [6.45, 7) is 4.42. The molecule has 1 unspecified atom stereocenters. The monoisotopic (exact) mass is 284 g/mol. The van der Waals surface area contributed by atoms with Crippen LogP contribution in [0.1, 0.15) is 78.1 Å². The third kappa shape index (κ3) is 10.8. The molecular weight excluding hydrogens is 252 g/mol. The van der Waals surface area contributed by atoms with Gasteiger partial charge in [-0.2, -0.15) is 0 Å². The van der Waals surface area contributed by atoms with Crippen molar-refractivity contribution < 1.29 is 9.59 Å². The molecule has 0 rings (SSSR count). The van der Waals surface area contributed by atoms with Crippen LogP contribution in [0.25, 0.3) is 0 Å². The van der Waals surface area contributed by atoms with Gasteiger partial charge in [0.25, 0.3) is 0 Å². The van der Waals surface area contributed by atoms with Crippen molar-refractivity contribution in [3.63, 3.8) is 0 Å². The van der Waals surface area contributed by atoms with E-state index in [9.17, 15) is 9.59 Å². The molecule has 0 aromatic rings. The lowest BCUT2D eigenvalue weighted by atomic mass is 10.1. The molecule has 0 saturated heterocycles. The number of carbonyl (C=O) groups excluding carboxylic acids is 2. The van der Waals surface area contributed by atoms with Crippen LogP contribution in [0, 0.1) is 5.92 Å². The fraction of sp³-hybridized carbons (Fsp3) is 0.875. The summed E-state index contributed by atoms with van der Waals surface area (Å²) in [6, 6.07) is 0. The molecule has 0 heterocycles. The predicted molar refractivity (Wildman–Crippen MR) is 83.2 cm³/mol. The Labute approximate surface area is 123 Å². The van der Waals surface area contributed by atoms with E-state index in [4.69, 9.17) is 5.73 Å². The number of carbonyl (C=O) groups is 2. The number of hydrogen-bond acceptors (Lipinski definition) is 2. The summed E-state index contributed by atoms with van der Waals surface area (Å²) in [5, 5.41) is 2.75. The Morgan fingerprint density at radius 1 is 0.900 bits per heavy atom. The van der Waals surface area contributed by atoms with Crippen LogP contribution in [0.5, 0.6) is 0 Å². The van der Waals surface area contributed by atoms with Gasteiger partial charge in [-0.1, -0.05) is 64.7 Å². The molecule has 2 amide bonds. The summed E-state index contributed by atoms with van der Waals surface area (Å²) in [4.78, 5) is 22.2. The molecule has 0 bridgehead atoms. The van der Waals surface area contributed by atoms with Crippen molar-refractivity contribution in [1.82, 2.24) is 5.32 Å². The summed E-state index contributed by atoms with van der Waals surface area (Å²) >= 11 is 0. The maximum Gasteiger partial charge on any atom is 0.232 e. The molecule has 3 N–H and O–H groups in total. The number of nitrogens with two attached hydrogens (primary N) is 1. The Morgan fingerprint density at radius 3 is 1.80 bits per heavy atom. The molecule has 0 spiro atoms. The topological polar surface area (TPSA) is 72.2 Å². The zero-order valence-corrected chi connectivity index (χ0v) is 13.2. The predicted octanol–water partition coefficient (Wildman–Crippen LogP) is 3.14. The van der Waals surface area contributed by atoms with E-state index in [2.05, 4.69) is 12.2 Å². The van der Waals surface area contributed by atoms with Crippen LogP contribution in [0.15, 0.2) is 0 Å². The zero-order chi connectivity index (χ0) is 15.2. The lowest BCUT2D eigenvalue weighted by Crippen LogP contribution is -2.37. The number of rotatable bonds is 13. The highest BCUT2D eigenvalue weighted by atomic mass is 16.2. The molecule has 0 aliphatic rings. The highest BCUT2D eigenvalue weighted by molar-refractivity contribution is 5.99. The van der Waals surface area contributed by atoms with Crippen molar-refractivity contribution in [3.05, 3.63) is 0 Å². The van der Waals surface area contributed by atoms with Crippen LogP contribution in [0.3, 0.4) is 0 Å². The van der Waals surface area contributed by atoms with E-state index in [-0.39, 0.29) is 5.91 Å². The number of primary amides is 1. The van der Waals surface area contributed by atoms with Crippen molar-refractivity contribution in [2.45, 2.75) is 78.1 Å². The number of unbranched alkanes of at least 4 members (excludes halogenated alkanes) is 9. The fourth-order valence-electron chi connectivity index (χ4n) is 2.11. The lowest BCUT2D eigenvalue weighted by Gasteiger charge is -2.08. The molecule has 0 aromatic heterocycles. The van der Waals surface area contributed by atoms with Crippen LogP contribution in [-0.2, 0) is 9.59 Å². The summed E-state index contributed by atoms with van der Waals surface area (Å²) in [7, 11) is 0. The van der Waals surface area contributed by atoms with Crippen LogP contribution in [0.4, 0.5) is 0 Å². The number of nitrogens with one attached hydrogen (secondary N) is 1. The zero-order valence-electron chi connectivity index (χ0n) is 13.2. The van der Waals surface area contributed by atoms with Gasteiger partial charge in [-0.3, -0.25) is 9.59 Å². The summed E-state index contributed by atoms with van der Waals surface area (Å²) in [5.41, 5.74) is 5.07. The van der Waals surface area contributed by atoms with E-state index >= 15 is 0 Å². The molecule has 118 valence electrons. The van der Waals surface area contributed by atoms with Crippen LogP contribution in [0.2, 0.25) is 0 Å². The maximum absolute atomic E-state index is 11.4. The van der Waals surface area contributed by atoms with E-state index in [1.54, 1.807) is 0 Å². The lowest BCUT2D eigenvalue weighted by molar-refractivity contribution is -0.132. The third-order valence-electron chi connectivity index (χ3n) is 3.65. The van der Waals surface area contributed by atoms with Crippen LogP contribution >= 0.6 is 0 Å². The van der Waals surface area contributed by atoms with Crippen molar-refractivity contribution in [2.24, 2.45) is 11.7 Å². The van der Waals surface area contributed by atoms with E-state index in [1.807, 2.05) is 0 Å². The second-order valence-electron chi connectivity index (χ2n) is 5.60. The normalized spacial score (nSPS) is 12.1. The van der Waals surface area contributed by atoms with Crippen molar-refractivity contribution in [1.29, 1.82) is 0 Å². The molecular formula is C16H32N2O2. The average molecular weight is 284 g/mol. The first-order chi connectivity index (χ1) is 9.59. The Kier molecular flexibility index (Phi) is 12.3. The molecule has 0 radical (unpaired) electrons. The SMILES string of the molecule is CCCCCCCCCCCCNC(=O)C(C)C(N)=O. The first kappa shape index (κ1) is 18.9. The summed E-state index contributed by atoms with van der Waals surface area (Å²) < 4.78 is 0.